The van der Waals surface area contributed by atoms with E-state index in [4.69, 9.17) is 0 Å². The number of β-amino-alcohol motifs (C(OH)–C–C–N with tert-alkyl or cyclic N) is 1. The van der Waals surface area contributed by atoms with E-state index in [9.17, 15) is 23.1 Å². The Hall–Kier alpha value is -0.820. The van der Waals surface area contributed by atoms with Gasteiger partial charge in [0.15, 0.2) is 0 Å². The number of alkyl halides is 3. The SMILES string of the molecule is O=C1[C@H](N2CC[C@@H](O)C2)CCN1CC(F)(F)F. The van der Waals surface area contributed by atoms with Crippen molar-refractivity contribution in [1.82, 2.24) is 9.80 Å². The summed E-state index contributed by atoms with van der Waals surface area (Å²) in [6, 6.07) is -0.477. The number of halogens is 3. The first-order valence-electron chi connectivity index (χ1n) is 5.64. The van der Waals surface area contributed by atoms with Crippen LogP contribution in [0.1, 0.15) is 12.8 Å². The minimum atomic E-state index is -4.34. The maximum absolute atomic E-state index is 12.2. The van der Waals surface area contributed by atoms with E-state index in [0.717, 1.165) is 4.90 Å². The van der Waals surface area contributed by atoms with Crippen molar-refractivity contribution in [1.29, 1.82) is 0 Å². The van der Waals surface area contributed by atoms with Gasteiger partial charge in [0.05, 0.1) is 12.1 Å². The lowest BCUT2D eigenvalue weighted by molar-refractivity contribution is -0.159. The molecule has 2 heterocycles. The summed E-state index contributed by atoms with van der Waals surface area (Å²) in [5.74, 6) is -0.462. The Kier molecular flexibility index (Phi) is 3.31. The Bertz CT molecular complexity index is 308. The first kappa shape index (κ1) is 12.6. The number of likely N-dealkylation sites (tertiary alicyclic amines) is 2. The maximum Gasteiger partial charge on any atom is 0.406 e. The molecule has 0 aromatic carbocycles. The predicted octanol–water partition coefficient (Wildman–Crippen LogP) is 0.216. The zero-order chi connectivity index (χ0) is 12.6. The van der Waals surface area contributed by atoms with Crippen molar-refractivity contribution in [3.05, 3.63) is 0 Å². The Balaban J connectivity index is 1.93. The van der Waals surface area contributed by atoms with E-state index in [1.165, 1.54) is 0 Å². The smallest absolute Gasteiger partial charge is 0.392 e. The fourth-order valence-electron chi connectivity index (χ4n) is 2.49. The van der Waals surface area contributed by atoms with Crippen molar-refractivity contribution >= 4 is 5.91 Å². The number of carbonyl (C=O) groups is 1. The summed E-state index contributed by atoms with van der Waals surface area (Å²) in [5, 5.41) is 9.35. The zero-order valence-corrected chi connectivity index (χ0v) is 9.28. The number of carbonyl (C=O) groups excluding carboxylic acids is 1. The normalized spacial score (nSPS) is 31.5. The maximum atomic E-state index is 12.2. The molecule has 4 nitrogen and oxygen atoms in total. The molecule has 0 saturated carbocycles. The van der Waals surface area contributed by atoms with Crippen molar-refractivity contribution in [3.63, 3.8) is 0 Å². The quantitative estimate of drug-likeness (QED) is 0.764. The van der Waals surface area contributed by atoms with E-state index in [1.54, 1.807) is 4.90 Å². The van der Waals surface area contributed by atoms with Crippen LogP contribution in [0.25, 0.3) is 0 Å². The highest BCUT2D eigenvalue weighted by molar-refractivity contribution is 5.84. The minimum absolute atomic E-state index is 0.148. The molecule has 98 valence electrons. The van der Waals surface area contributed by atoms with Crippen molar-refractivity contribution < 1.29 is 23.1 Å². The molecule has 17 heavy (non-hydrogen) atoms. The first-order valence-corrected chi connectivity index (χ1v) is 5.64. The van der Waals surface area contributed by atoms with Crippen LogP contribution >= 0.6 is 0 Å². The third kappa shape index (κ3) is 2.90. The second-order valence-electron chi connectivity index (χ2n) is 4.62. The molecular weight excluding hydrogens is 237 g/mol. The second-order valence-corrected chi connectivity index (χ2v) is 4.62. The van der Waals surface area contributed by atoms with Crippen molar-refractivity contribution in [2.24, 2.45) is 0 Å². The Labute approximate surface area is 97.0 Å². The summed E-state index contributed by atoms with van der Waals surface area (Å²) in [5.41, 5.74) is 0. The van der Waals surface area contributed by atoms with Crippen LogP contribution in [0.3, 0.4) is 0 Å². The number of aliphatic hydroxyl groups is 1. The molecule has 1 N–H and O–H groups in total. The van der Waals surface area contributed by atoms with Gasteiger partial charge in [0.1, 0.15) is 6.54 Å². The van der Waals surface area contributed by atoms with E-state index in [0.29, 0.717) is 25.9 Å². The second kappa shape index (κ2) is 4.45. The Morgan fingerprint density at radius 3 is 2.53 bits per heavy atom. The summed E-state index contributed by atoms with van der Waals surface area (Å²) in [7, 11) is 0. The van der Waals surface area contributed by atoms with Gasteiger partial charge in [0.25, 0.3) is 0 Å². The van der Waals surface area contributed by atoms with Crippen molar-refractivity contribution in [3.8, 4) is 0 Å². The third-order valence-electron chi connectivity index (χ3n) is 3.27. The molecule has 2 atom stereocenters. The molecule has 0 bridgehead atoms. The highest BCUT2D eigenvalue weighted by atomic mass is 19.4. The van der Waals surface area contributed by atoms with Crippen LogP contribution in [0.4, 0.5) is 13.2 Å². The van der Waals surface area contributed by atoms with E-state index < -0.39 is 30.8 Å². The largest absolute Gasteiger partial charge is 0.406 e. The minimum Gasteiger partial charge on any atom is -0.392 e. The van der Waals surface area contributed by atoms with Crippen LogP contribution in [0.15, 0.2) is 0 Å². The molecule has 1 amide bonds. The average molecular weight is 252 g/mol. The third-order valence-corrected chi connectivity index (χ3v) is 3.27. The Morgan fingerprint density at radius 2 is 2.00 bits per heavy atom. The highest BCUT2D eigenvalue weighted by Crippen LogP contribution is 2.25. The number of hydrogen-bond donors (Lipinski definition) is 1. The van der Waals surface area contributed by atoms with Crippen molar-refractivity contribution in [2.75, 3.05) is 26.2 Å². The van der Waals surface area contributed by atoms with Crippen LogP contribution in [-0.4, -0.2) is 65.3 Å². The van der Waals surface area contributed by atoms with E-state index in [2.05, 4.69) is 0 Å². The van der Waals surface area contributed by atoms with Gasteiger partial charge in [-0.15, -0.1) is 0 Å². The van der Waals surface area contributed by atoms with Gasteiger partial charge in [-0.1, -0.05) is 0 Å². The average Bonchev–Trinajstić information content (AvgIpc) is 2.73. The molecule has 0 aromatic heterocycles. The van der Waals surface area contributed by atoms with E-state index in [1.807, 2.05) is 0 Å². The molecule has 0 aliphatic carbocycles. The molecule has 0 spiro atoms. The van der Waals surface area contributed by atoms with Crippen LogP contribution < -0.4 is 0 Å². The monoisotopic (exact) mass is 252 g/mol. The first-order chi connectivity index (χ1) is 7.87. The van der Waals surface area contributed by atoms with Gasteiger partial charge in [-0.3, -0.25) is 9.69 Å². The molecular formula is C10H15F3N2O2. The molecule has 2 saturated heterocycles. The number of amides is 1. The van der Waals surface area contributed by atoms with Gasteiger partial charge in [0, 0.05) is 19.6 Å². The summed E-state index contributed by atoms with van der Waals surface area (Å²) < 4.78 is 36.6. The zero-order valence-electron chi connectivity index (χ0n) is 9.28. The topological polar surface area (TPSA) is 43.8 Å². The summed E-state index contributed by atoms with van der Waals surface area (Å²) in [4.78, 5) is 14.4. The van der Waals surface area contributed by atoms with Gasteiger partial charge in [-0.05, 0) is 12.8 Å². The molecule has 7 heteroatoms. The molecule has 2 aliphatic rings. The van der Waals surface area contributed by atoms with Crippen LogP contribution in [0.5, 0.6) is 0 Å². The fraction of sp³-hybridized carbons (Fsp3) is 0.900. The molecule has 2 rings (SSSR count). The lowest BCUT2D eigenvalue weighted by Gasteiger charge is -2.23. The van der Waals surface area contributed by atoms with Gasteiger partial charge >= 0.3 is 6.18 Å². The fourth-order valence-corrected chi connectivity index (χ4v) is 2.49. The van der Waals surface area contributed by atoms with Gasteiger partial charge in [-0.2, -0.15) is 13.2 Å². The van der Waals surface area contributed by atoms with Crippen LogP contribution in [-0.2, 0) is 4.79 Å². The van der Waals surface area contributed by atoms with Gasteiger partial charge in [-0.25, -0.2) is 0 Å². The number of nitrogens with zero attached hydrogens (tertiary/aromatic N) is 2. The Morgan fingerprint density at radius 1 is 1.29 bits per heavy atom. The number of hydrogen-bond acceptors (Lipinski definition) is 3. The van der Waals surface area contributed by atoms with Crippen LogP contribution in [0.2, 0.25) is 0 Å². The van der Waals surface area contributed by atoms with Gasteiger partial charge in [0.2, 0.25) is 5.91 Å². The standard InChI is InChI=1S/C10H15F3N2O2/c11-10(12,13)6-15-4-2-8(9(15)17)14-3-1-7(16)5-14/h7-8,16H,1-6H2/t7-,8-/m1/s1. The lowest BCUT2D eigenvalue weighted by atomic mass is 10.2. The summed E-state index contributed by atoms with van der Waals surface area (Å²) >= 11 is 0. The summed E-state index contributed by atoms with van der Waals surface area (Å²) in [6.07, 6.45) is -3.79. The van der Waals surface area contributed by atoms with Crippen molar-refractivity contribution in [2.45, 2.75) is 31.2 Å². The lowest BCUT2D eigenvalue weighted by Crippen LogP contribution is -2.43. The molecule has 2 aliphatic heterocycles. The van der Waals surface area contributed by atoms with Gasteiger partial charge < -0.3 is 10.0 Å². The molecule has 0 aromatic rings. The highest BCUT2D eigenvalue weighted by Gasteiger charge is 2.42. The number of rotatable bonds is 2. The molecule has 2 fully saturated rings. The number of aliphatic hydroxyl groups excluding tert-OH is 1. The molecule has 0 radical (unpaired) electrons. The van der Waals surface area contributed by atoms with E-state index in [-0.39, 0.29) is 6.54 Å². The van der Waals surface area contributed by atoms with Crippen LogP contribution in [0, 0.1) is 0 Å². The predicted molar refractivity (Wildman–Crippen MR) is 53.2 cm³/mol. The molecule has 0 unspecified atom stereocenters. The van der Waals surface area contributed by atoms with E-state index >= 15 is 0 Å². The summed E-state index contributed by atoms with van der Waals surface area (Å²) in [6.45, 7) is -0.0535.